The van der Waals surface area contributed by atoms with Crippen LogP contribution in [0.5, 0.6) is 0 Å². The van der Waals surface area contributed by atoms with Gasteiger partial charge in [0, 0.05) is 6.54 Å². The molecule has 0 heterocycles. The van der Waals surface area contributed by atoms with Gasteiger partial charge in [-0.25, -0.2) is 4.39 Å². The van der Waals surface area contributed by atoms with E-state index in [0.717, 1.165) is 0 Å². The van der Waals surface area contributed by atoms with Gasteiger partial charge in [-0.3, -0.25) is 0 Å². The topological polar surface area (TPSA) is 56.0 Å². The van der Waals surface area contributed by atoms with E-state index in [-0.39, 0.29) is 22.3 Å². The second-order valence-corrected chi connectivity index (χ2v) is 4.14. The van der Waals surface area contributed by atoms with Gasteiger partial charge in [0.2, 0.25) is 0 Å². The Morgan fingerprint density at radius 1 is 1.62 bits per heavy atom. The van der Waals surface area contributed by atoms with Gasteiger partial charge in [0.25, 0.3) is 0 Å². The smallest absolute Gasteiger partial charge is 0.161 e. The molecule has 1 aromatic carbocycles. The molecule has 3 nitrogen and oxygen atoms in total. The van der Waals surface area contributed by atoms with Crippen LogP contribution in [0.25, 0.3) is 0 Å². The van der Waals surface area contributed by atoms with Crippen molar-refractivity contribution < 1.29 is 9.50 Å². The SMILES string of the molecule is CCC(O)CNc1ccc(C#N)c(Br)c1F. The Hall–Kier alpha value is -1.12. The van der Waals surface area contributed by atoms with E-state index in [9.17, 15) is 9.50 Å². The summed E-state index contributed by atoms with van der Waals surface area (Å²) in [4.78, 5) is 0. The average Bonchev–Trinajstić information content (AvgIpc) is 2.30. The summed E-state index contributed by atoms with van der Waals surface area (Å²) in [6, 6.07) is 4.88. The van der Waals surface area contributed by atoms with Gasteiger partial charge in [-0.2, -0.15) is 5.26 Å². The molecule has 1 rings (SSSR count). The average molecular weight is 287 g/mol. The van der Waals surface area contributed by atoms with E-state index < -0.39 is 11.9 Å². The van der Waals surface area contributed by atoms with E-state index in [1.807, 2.05) is 13.0 Å². The van der Waals surface area contributed by atoms with Gasteiger partial charge < -0.3 is 10.4 Å². The molecule has 2 N–H and O–H groups in total. The molecule has 5 heteroatoms. The van der Waals surface area contributed by atoms with Gasteiger partial charge in [0.15, 0.2) is 5.82 Å². The number of nitrogens with zero attached hydrogens (tertiary/aromatic N) is 1. The first-order valence-corrected chi connectivity index (χ1v) is 5.69. The number of nitrogens with one attached hydrogen (secondary N) is 1. The molecule has 0 aliphatic carbocycles. The van der Waals surface area contributed by atoms with Crippen LogP contribution in [0.1, 0.15) is 18.9 Å². The van der Waals surface area contributed by atoms with Crippen molar-refractivity contribution in [3.8, 4) is 6.07 Å². The Labute approximate surface area is 102 Å². The van der Waals surface area contributed by atoms with Gasteiger partial charge in [0.05, 0.1) is 21.8 Å². The third-order valence-electron chi connectivity index (χ3n) is 2.20. The monoisotopic (exact) mass is 286 g/mol. The summed E-state index contributed by atoms with van der Waals surface area (Å²) < 4.78 is 13.8. The van der Waals surface area contributed by atoms with Crippen molar-refractivity contribution in [3.63, 3.8) is 0 Å². The summed E-state index contributed by atoms with van der Waals surface area (Å²) in [7, 11) is 0. The van der Waals surface area contributed by atoms with E-state index in [1.165, 1.54) is 12.1 Å². The third-order valence-corrected chi connectivity index (χ3v) is 2.98. The molecule has 0 amide bonds. The second kappa shape index (κ2) is 5.83. The van der Waals surface area contributed by atoms with E-state index in [0.29, 0.717) is 6.42 Å². The lowest BCUT2D eigenvalue weighted by Gasteiger charge is -2.12. The zero-order valence-corrected chi connectivity index (χ0v) is 10.4. The summed E-state index contributed by atoms with van der Waals surface area (Å²) in [6.07, 6.45) is 0.0975. The van der Waals surface area contributed by atoms with Crippen LogP contribution in [0.2, 0.25) is 0 Å². The second-order valence-electron chi connectivity index (χ2n) is 3.34. The first kappa shape index (κ1) is 12.9. The third kappa shape index (κ3) is 2.94. The fourth-order valence-corrected chi connectivity index (χ4v) is 1.58. The van der Waals surface area contributed by atoms with Crippen molar-refractivity contribution in [3.05, 3.63) is 28.0 Å². The van der Waals surface area contributed by atoms with Crippen LogP contribution in [0, 0.1) is 17.1 Å². The highest BCUT2D eigenvalue weighted by Crippen LogP contribution is 2.26. The van der Waals surface area contributed by atoms with Crippen molar-refractivity contribution >= 4 is 21.6 Å². The number of hydrogen-bond acceptors (Lipinski definition) is 3. The molecule has 1 aromatic rings. The summed E-state index contributed by atoms with van der Waals surface area (Å²) in [6.45, 7) is 2.13. The van der Waals surface area contributed by atoms with Crippen LogP contribution in [0.15, 0.2) is 16.6 Å². The van der Waals surface area contributed by atoms with Crippen molar-refractivity contribution in [1.29, 1.82) is 5.26 Å². The molecule has 0 spiro atoms. The lowest BCUT2D eigenvalue weighted by atomic mass is 10.2. The van der Waals surface area contributed by atoms with E-state index in [2.05, 4.69) is 21.2 Å². The molecule has 0 aromatic heterocycles. The molecule has 86 valence electrons. The van der Waals surface area contributed by atoms with Crippen LogP contribution in [0.3, 0.4) is 0 Å². The van der Waals surface area contributed by atoms with Crippen LogP contribution >= 0.6 is 15.9 Å². The molecule has 0 radical (unpaired) electrons. The normalized spacial score (nSPS) is 11.9. The van der Waals surface area contributed by atoms with Gasteiger partial charge >= 0.3 is 0 Å². The quantitative estimate of drug-likeness (QED) is 0.895. The molecule has 16 heavy (non-hydrogen) atoms. The number of benzene rings is 1. The molecule has 1 atom stereocenters. The highest BCUT2D eigenvalue weighted by Gasteiger charge is 2.11. The summed E-state index contributed by atoms with van der Waals surface area (Å²) in [5.41, 5.74) is 0.525. The Morgan fingerprint density at radius 3 is 2.88 bits per heavy atom. The number of rotatable bonds is 4. The molecule has 0 saturated heterocycles. The minimum absolute atomic E-state index is 0.144. The maximum absolute atomic E-state index is 13.7. The predicted octanol–water partition coefficient (Wildman–Crippen LogP) is 2.64. The zero-order valence-electron chi connectivity index (χ0n) is 8.80. The number of hydrogen-bond donors (Lipinski definition) is 2. The Kier molecular flexibility index (Phi) is 4.71. The van der Waals surface area contributed by atoms with Gasteiger partial charge in [-0.15, -0.1) is 0 Å². The van der Waals surface area contributed by atoms with Gasteiger partial charge in [-0.05, 0) is 34.5 Å². The lowest BCUT2D eigenvalue weighted by Crippen LogP contribution is -2.18. The summed E-state index contributed by atoms with van der Waals surface area (Å²) >= 11 is 3.02. The maximum atomic E-state index is 13.7. The van der Waals surface area contributed by atoms with Gasteiger partial charge in [-0.1, -0.05) is 6.92 Å². The molecule has 0 aliphatic rings. The Morgan fingerprint density at radius 2 is 2.31 bits per heavy atom. The van der Waals surface area contributed by atoms with Crippen molar-refractivity contribution in [2.24, 2.45) is 0 Å². The van der Waals surface area contributed by atoms with Crippen molar-refractivity contribution in [2.45, 2.75) is 19.4 Å². The number of nitriles is 1. The Bertz CT molecular complexity index is 417. The standard InChI is InChI=1S/C11H12BrFN2O/c1-2-8(16)6-15-9-4-3-7(5-14)10(12)11(9)13/h3-4,8,15-16H,2,6H2,1H3. The molecular formula is C11H12BrFN2O. The molecular weight excluding hydrogens is 275 g/mol. The summed E-state index contributed by atoms with van der Waals surface area (Å²) in [5.74, 6) is -0.512. The van der Waals surface area contributed by atoms with E-state index in [4.69, 9.17) is 5.26 Å². The predicted molar refractivity (Wildman–Crippen MR) is 63.6 cm³/mol. The first-order valence-electron chi connectivity index (χ1n) is 4.90. The number of aliphatic hydroxyl groups excluding tert-OH is 1. The largest absolute Gasteiger partial charge is 0.391 e. The minimum atomic E-state index is -0.512. The molecule has 0 saturated carbocycles. The number of aliphatic hydroxyl groups is 1. The van der Waals surface area contributed by atoms with Crippen molar-refractivity contribution in [2.75, 3.05) is 11.9 Å². The van der Waals surface area contributed by atoms with E-state index >= 15 is 0 Å². The number of anilines is 1. The fourth-order valence-electron chi connectivity index (χ4n) is 1.14. The summed E-state index contributed by atoms with van der Waals surface area (Å²) in [5, 5.41) is 20.8. The van der Waals surface area contributed by atoms with Gasteiger partial charge in [0.1, 0.15) is 6.07 Å². The molecule has 0 fully saturated rings. The van der Waals surface area contributed by atoms with Crippen LogP contribution < -0.4 is 5.32 Å². The lowest BCUT2D eigenvalue weighted by molar-refractivity contribution is 0.183. The maximum Gasteiger partial charge on any atom is 0.161 e. The van der Waals surface area contributed by atoms with Crippen LogP contribution in [0.4, 0.5) is 10.1 Å². The fraction of sp³-hybridized carbons (Fsp3) is 0.364. The van der Waals surface area contributed by atoms with E-state index in [1.54, 1.807) is 0 Å². The van der Waals surface area contributed by atoms with Crippen LogP contribution in [-0.4, -0.2) is 17.8 Å². The molecule has 0 aliphatic heterocycles. The van der Waals surface area contributed by atoms with Crippen molar-refractivity contribution in [1.82, 2.24) is 0 Å². The molecule has 1 unspecified atom stereocenters. The van der Waals surface area contributed by atoms with Crippen LogP contribution in [-0.2, 0) is 0 Å². The highest BCUT2D eigenvalue weighted by atomic mass is 79.9. The number of halogens is 2. The molecule has 0 bridgehead atoms. The zero-order chi connectivity index (χ0) is 12.1. The highest BCUT2D eigenvalue weighted by molar-refractivity contribution is 9.10. The Balaban J connectivity index is 2.84. The first-order chi connectivity index (χ1) is 7.60. The minimum Gasteiger partial charge on any atom is -0.391 e.